The minimum absolute atomic E-state index is 0.0311. The molecule has 0 atom stereocenters. The van der Waals surface area contributed by atoms with Crippen molar-refractivity contribution in [1.82, 2.24) is 14.5 Å². The van der Waals surface area contributed by atoms with Crippen molar-refractivity contribution in [3.8, 4) is 5.69 Å². The average Bonchev–Trinajstić information content (AvgIpc) is 3.18. The molecule has 0 aliphatic carbocycles. The van der Waals surface area contributed by atoms with E-state index in [1.54, 1.807) is 12.1 Å². The first-order valence-corrected chi connectivity index (χ1v) is 11.0. The summed E-state index contributed by atoms with van der Waals surface area (Å²) in [7, 11) is 0. The third kappa shape index (κ3) is 3.98. The van der Waals surface area contributed by atoms with Crippen LogP contribution in [0.25, 0.3) is 27.6 Å². The largest absolute Gasteiger partial charge is 0.349 e. The van der Waals surface area contributed by atoms with Crippen LogP contribution in [-0.2, 0) is 4.79 Å². The number of nitrogens with one attached hydrogen (secondary N) is 2. The molecule has 2 N–H and O–H groups in total. The Balaban J connectivity index is 1.58. The van der Waals surface area contributed by atoms with Crippen LogP contribution in [0.1, 0.15) is 0 Å². The van der Waals surface area contributed by atoms with Gasteiger partial charge in [-0.25, -0.2) is 13.8 Å². The highest BCUT2D eigenvalue weighted by molar-refractivity contribution is 7.99. The zero-order chi connectivity index (χ0) is 22.9. The SMILES string of the molecule is O=C(CSc1nc2c([nH]c3ccccc32)c(=O)n1-c1ccccc1F)Nc1cccc(F)c1. The standard InChI is InChI=1S/C24H16F2N4O2S/c25-14-6-5-7-15(12-14)27-20(31)13-33-24-29-21-16-8-1-3-10-18(16)28-22(21)23(32)30(24)19-11-4-2-9-17(19)26/h1-12,28H,13H2,(H,27,31). The molecule has 9 heteroatoms. The van der Waals surface area contributed by atoms with Crippen molar-refractivity contribution >= 4 is 45.3 Å². The van der Waals surface area contributed by atoms with Gasteiger partial charge in [0.2, 0.25) is 5.91 Å². The highest BCUT2D eigenvalue weighted by Crippen LogP contribution is 2.27. The zero-order valence-corrected chi connectivity index (χ0v) is 17.8. The van der Waals surface area contributed by atoms with Gasteiger partial charge < -0.3 is 10.3 Å². The number of aromatic amines is 1. The van der Waals surface area contributed by atoms with Crippen molar-refractivity contribution in [3.05, 3.63) is 94.8 Å². The summed E-state index contributed by atoms with van der Waals surface area (Å²) in [6.45, 7) is 0. The van der Waals surface area contributed by atoms with Gasteiger partial charge >= 0.3 is 0 Å². The highest BCUT2D eigenvalue weighted by atomic mass is 32.2. The quantitative estimate of drug-likeness (QED) is 0.288. The van der Waals surface area contributed by atoms with E-state index in [2.05, 4.69) is 15.3 Å². The van der Waals surface area contributed by atoms with Gasteiger partial charge in [-0.3, -0.25) is 14.2 Å². The number of hydrogen-bond acceptors (Lipinski definition) is 4. The van der Waals surface area contributed by atoms with Gasteiger partial charge in [-0.1, -0.05) is 48.2 Å². The molecule has 0 aliphatic heterocycles. The molecular weight excluding hydrogens is 446 g/mol. The van der Waals surface area contributed by atoms with Gasteiger partial charge in [0, 0.05) is 16.6 Å². The zero-order valence-electron chi connectivity index (χ0n) is 17.0. The Bertz CT molecular complexity index is 1580. The Kier molecular flexibility index (Phi) is 5.39. The van der Waals surface area contributed by atoms with Gasteiger partial charge in [-0.15, -0.1) is 0 Å². The lowest BCUT2D eigenvalue weighted by molar-refractivity contribution is -0.113. The first-order valence-electron chi connectivity index (χ1n) is 9.98. The number of hydrogen-bond donors (Lipinski definition) is 2. The van der Waals surface area contributed by atoms with Crippen LogP contribution in [0.2, 0.25) is 0 Å². The van der Waals surface area contributed by atoms with Crippen molar-refractivity contribution in [2.24, 2.45) is 0 Å². The number of halogens is 2. The Hall–Kier alpha value is -3.98. The molecule has 0 saturated carbocycles. The number of fused-ring (bicyclic) bond motifs is 3. The molecule has 0 saturated heterocycles. The van der Waals surface area contributed by atoms with E-state index < -0.39 is 23.1 Å². The molecule has 5 aromatic rings. The smallest absolute Gasteiger partial charge is 0.283 e. The molecule has 3 aromatic carbocycles. The number of anilines is 1. The lowest BCUT2D eigenvalue weighted by Crippen LogP contribution is -2.23. The molecule has 0 aliphatic rings. The van der Waals surface area contributed by atoms with E-state index in [1.165, 1.54) is 36.4 Å². The van der Waals surface area contributed by atoms with Crippen LogP contribution < -0.4 is 10.9 Å². The minimum atomic E-state index is -0.595. The number of benzene rings is 3. The summed E-state index contributed by atoms with van der Waals surface area (Å²) in [4.78, 5) is 33.6. The van der Waals surface area contributed by atoms with Crippen molar-refractivity contribution < 1.29 is 13.6 Å². The first kappa shape index (κ1) is 20.9. The average molecular weight is 462 g/mol. The van der Waals surface area contributed by atoms with Crippen molar-refractivity contribution in [2.75, 3.05) is 11.1 Å². The summed E-state index contributed by atoms with van der Waals surface area (Å²) in [6, 6.07) is 18.7. The second-order valence-electron chi connectivity index (χ2n) is 7.23. The van der Waals surface area contributed by atoms with Crippen molar-refractivity contribution in [2.45, 2.75) is 5.16 Å². The molecule has 0 spiro atoms. The predicted octanol–water partition coefficient (Wildman–Crippen LogP) is 4.88. The van der Waals surface area contributed by atoms with E-state index in [0.717, 1.165) is 27.2 Å². The highest BCUT2D eigenvalue weighted by Gasteiger charge is 2.19. The number of amides is 1. The van der Waals surface area contributed by atoms with E-state index in [9.17, 15) is 18.4 Å². The Labute approximate surface area is 190 Å². The molecule has 1 amide bonds. The van der Waals surface area contributed by atoms with Crippen molar-refractivity contribution in [3.63, 3.8) is 0 Å². The number of rotatable bonds is 5. The molecule has 0 unspecified atom stereocenters. The summed E-state index contributed by atoms with van der Waals surface area (Å²) in [5, 5.41) is 3.52. The maximum absolute atomic E-state index is 14.6. The van der Waals surface area contributed by atoms with Crippen LogP contribution >= 0.6 is 11.8 Å². The van der Waals surface area contributed by atoms with Crippen LogP contribution in [0, 0.1) is 11.6 Å². The summed E-state index contributed by atoms with van der Waals surface area (Å²) in [5.41, 5.74) is 1.28. The number of para-hydroxylation sites is 2. The molecule has 0 radical (unpaired) electrons. The lowest BCUT2D eigenvalue weighted by Gasteiger charge is -2.13. The summed E-state index contributed by atoms with van der Waals surface area (Å²) >= 11 is 0.989. The van der Waals surface area contributed by atoms with Crippen LogP contribution in [-0.4, -0.2) is 26.2 Å². The Morgan fingerprint density at radius 2 is 1.82 bits per heavy atom. The molecule has 164 valence electrons. The van der Waals surface area contributed by atoms with E-state index in [4.69, 9.17) is 0 Å². The summed E-state index contributed by atoms with van der Waals surface area (Å²) < 4.78 is 29.2. The van der Waals surface area contributed by atoms with E-state index in [-0.39, 0.29) is 22.1 Å². The van der Waals surface area contributed by atoms with Crippen LogP contribution in [0.4, 0.5) is 14.5 Å². The number of carbonyl (C=O) groups is 1. The monoisotopic (exact) mass is 462 g/mol. The molecule has 33 heavy (non-hydrogen) atoms. The predicted molar refractivity (Wildman–Crippen MR) is 125 cm³/mol. The number of carbonyl (C=O) groups excluding carboxylic acids is 1. The molecule has 0 bridgehead atoms. The fourth-order valence-corrected chi connectivity index (χ4v) is 4.38. The fourth-order valence-electron chi connectivity index (χ4n) is 3.58. The molecule has 6 nitrogen and oxygen atoms in total. The second kappa shape index (κ2) is 8.51. The van der Waals surface area contributed by atoms with Crippen LogP contribution in [0.15, 0.2) is 82.7 Å². The molecule has 0 fully saturated rings. The topological polar surface area (TPSA) is 79.8 Å². The summed E-state index contributed by atoms with van der Waals surface area (Å²) in [6.07, 6.45) is 0. The number of nitrogens with zero attached hydrogens (tertiary/aromatic N) is 2. The van der Waals surface area contributed by atoms with Gasteiger partial charge in [-0.2, -0.15) is 0 Å². The summed E-state index contributed by atoms with van der Waals surface area (Å²) in [5.74, 6) is -1.60. The van der Waals surface area contributed by atoms with Gasteiger partial charge in [0.25, 0.3) is 5.56 Å². The third-order valence-corrected chi connectivity index (χ3v) is 5.97. The number of aromatic nitrogens is 3. The second-order valence-corrected chi connectivity index (χ2v) is 8.17. The van der Waals surface area contributed by atoms with Crippen LogP contribution in [0.3, 0.4) is 0 Å². The first-order chi connectivity index (χ1) is 16.0. The van der Waals surface area contributed by atoms with E-state index in [1.807, 2.05) is 24.3 Å². The van der Waals surface area contributed by atoms with E-state index in [0.29, 0.717) is 11.2 Å². The van der Waals surface area contributed by atoms with Crippen LogP contribution in [0.5, 0.6) is 0 Å². The molecule has 5 rings (SSSR count). The normalized spacial score (nSPS) is 11.2. The third-order valence-electron chi connectivity index (χ3n) is 5.03. The van der Waals surface area contributed by atoms with Gasteiger partial charge in [0.15, 0.2) is 5.16 Å². The lowest BCUT2D eigenvalue weighted by atomic mass is 10.2. The molecule has 2 aromatic heterocycles. The minimum Gasteiger partial charge on any atom is -0.349 e. The maximum atomic E-state index is 14.6. The van der Waals surface area contributed by atoms with Crippen molar-refractivity contribution in [1.29, 1.82) is 0 Å². The maximum Gasteiger partial charge on any atom is 0.283 e. The fraction of sp³-hybridized carbons (Fsp3) is 0.0417. The number of thioether (sulfide) groups is 1. The van der Waals surface area contributed by atoms with E-state index >= 15 is 0 Å². The van der Waals surface area contributed by atoms with Gasteiger partial charge in [-0.05, 0) is 36.4 Å². The Morgan fingerprint density at radius 1 is 1.03 bits per heavy atom. The number of H-pyrrole nitrogens is 1. The van der Waals surface area contributed by atoms with Gasteiger partial charge in [0.05, 0.1) is 11.4 Å². The van der Waals surface area contributed by atoms with Gasteiger partial charge in [0.1, 0.15) is 22.7 Å². The molecular formula is C24H16F2N4O2S. The molecule has 2 heterocycles. The Morgan fingerprint density at radius 3 is 2.64 bits per heavy atom.